The highest BCUT2D eigenvalue weighted by molar-refractivity contribution is 6.62. The van der Waals surface area contributed by atoms with Crippen molar-refractivity contribution in [1.82, 2.24) is 0 Å². The predicted molar refractivity (Wildman–Crippen MR) is 116 cm³/mol. The van der Waals surface area contributed by atoms with Crippen LogP contribution in [0.1, 0.15) is 65.0 Å². The number of benzene rings is 1. The van der Waals surface area contributed by atoms with Gasteiger partial charge in [-0.3, -0.25) is 4.79 Å². The normalized spacial score (nSPS) is 27.7. The van der Waals surface area contributed by atoms with Crippen LogP contribution in [-0.4, -0.2) is 31.2 Å². The van der Waals surface area contributed by atoms with Gasteiger partial charge in [0.2, 0.25) is 0 Å². The molecule has 2 bridgehead atoms. The zero-order valence-electron chi connectivity index (χ0n) is 18.2. The second-order valence-electron chi connectivity index (χ2n) is 9.49. The predicted octanol–water partition coefficient (Wildman–Crippen LogP) is 4.56. The molecule has 2 unspecified atom stereocenters. The summed E-state index contributed by atoms with van der Waals surface area (Å²) in [5.74, 6) is 1.40. The first-order chi connectivity index (χ1) is 13.6. The van der Waals surface area contributed by atoms with E-state index in [2.05, 4.69) is 13.0 Å². The fourth-order valence-electron chi connectivity index (χ4n) is 4.86. The molecular weight excluding hydrogens is 387 g/mol. The molecule has 1 saturated carbocycles. The highest BCUT2D eigenvalue weighted by Gasteiger charge is 2.52. The second-order valence-corrected chi connectivity index (χ2v) is 9.90. The first kappa shape index (κ1) is 21.0. The van der Waals surface area contributed by atoms with Gasteiger partial charge in [0, 0.05) is 22.4 Å². The number of allylic oxidation sites excluding steroid dienone is 2. The van der Waals surface area contributed by atoms with E-state index in [1.807, 2.05) is 33.8 Å². The minimum atomic E-state index is -0.481. The summed E-state index contributed by atoms with van der Waals surface area (Å²) in [5.41, 5.74) is 2.60. The summed E-state index contributed by atoms with van der Waals surface area (Å²) in [6.07, 6.45) is 3.60. The Morgan fingerprint density at radius 2 is 1.76 bits per heavy atom. The van der Waals surface area contributed by atoms with E-state index in [0.717, 1.165) is 48.0 Å². The molecule has 0 radical (unpaired) electrons. The summed E-state index contributed by atoms with van der Waals surface area (Å²) in [5, 5.41) is 0.563. The standard InChI is InChI=1S/C23H30BClO4/c1-7-13-11-16(24-28-22(2,3)23(4,5)29-24)12-17(25)18(13)19-20(26)14-8-9-15(10-14)21(19)27-6/h11-12,14-15H,7-10H2,1-6H3. The first-order valence-corrected chi connectivity index (χ1v) is 11.0. The van der Waals surface area contributed by atoms with Crippen LogP contribution in [0.25, 0.3) is 5.57 Å². The van der Waals surface area contributed by atoms with E-state index in [1.165, 1.54) is 0 Å². The molecule has 1 aliphatic heterocycles. The molecule has 4 nitrogen and oxygen atoms in total. The molecule has 1 aromatic rings. The van der Waals surface area contributed by atoms with Crippen molar-refractivity contribution in [2.75, 3.05) is 7.11 Å². The van der Waals surface area contributed by atoms with Crippen LogP contribution in [0.5, 0.6) is 0 Å². The first-order valence-electron chi connectivity index (χ1n) is 10.6. The number of aryl methyl sites for hydroxylation is 1. The van der Waals surface area contributed by atoms with E-state index >= 15 is 0 Å². The fraction of sp³-hybridized carbons (Fsp3) is 0.609. The van der Waals surface area contributed by atoms with E-state index in [-0.39, 0.29) is 11.7 Å². The van der Waals surface area contributed by atoms with Gasteiger partial charge in [-0.2, -0.15) is 0 Å². The molecule has 0 amide bonds. The maximum Gasteiger partial charge on any atom is 0.494 e. The minimum Gasteiger partial charge on any atom is -0.500 e. The van der Waals surface area contributed by atoms with Crippen LogP contribution in [0.3, 0.4) is 0 Å². The van der Waals surface area contributed by atoms with Crippen LogP contribution in [0.15, 0.2) is 17.9 Å². The van der Waals surface area contributed by atoms with Crippen molar-refractivity contribution in [1.29, 1.82) is 0 Å². The number of carbonyl (C=O) groups excluding carboxylic acids is 1. The lowest BCUT2D eigenvalue weighted by Gasteiger charge is -2.32. The largest absolute Gasteiger partial charge is 0.500 e. The van der Waals surface area contributed by atoms with E-state index < -0.39 is 18.3 Å². The van der Waals surface area contributed by atoms with Crippen molar-refractivity contribution in [3.8, 4) is 0 Å². The van der Waals surface area contributed by atoms with Crippen molar-refractivity contribution in [3.63, 3.8) is 0 Å². The van der Waals surface area contributed by atoms with E-state index in [4.69, 9.17) is 25.6 Å². The van der Waals surface area contributed by atoms with Gasteiger partial charge in [0.15, 0.2) is 5.78 Å². The molecular formula is C23H30BClO4. The molecule has 6 heteroatoms. The lowest BCUT2D eigenvalue weighted by molar-refractivity contribution is -0.117. The van der Waals surface area contributed by atoms with Gasteiger partial charge in [0.25, 0.3) is 0 Å². The van der Waals surface area contributed by atoms with Gasteiger partial charge in [-0.15, -0.1) is 0 Å². The number of hydrogen-bond acceptors (Lipinski definition) is 4. The summed E-state index contributed by atoms with van der Waals surface area (Å²) in [7, 11) is 1.19. The zero-order valence-corrected chi connectivity index (χ0v) is 19.0. The number of ketones is 1. The molecule has 2 aliphatic carbocycles. The summed E-state index contributed by atoms with van der Waals surface area (Å²) in [4.78, 5) is 13.2. The number of halogens is 1. The summed E-state index contributed by atoms with van der Waals surface area (Å²) in [6.45, 7) is 10.2. The summed E-state index contributed by atoms with van der Waals surface area (Å²) < 4.78 is 18.2. The van der Waals surface area contributed by atoms with Gasteiger partial charge in [-0.05, 0) is 70.5 Å². The third-order valence-electron chi connectivity index (χ3n) is 7.24. The van der Waals surface area contributed by atoms with Crippen molar-refractivity contribution >= 4 is 35.5 Å². The van der Waals surface area contributed by atoms with Crippen molar-refractivity contribution in [3.05, 3.63) is 34.0 Å². The number of fused-ring (bicyclic) bond motifs is 2. The van der Waals surface area contributed by atoms with Crippen LogP contribution in [0.4, 0.5) is 0 Å². The van der Waals surface area contributed by atoms with Gasteiger partial charge in [-0.1, -0.05) is 24.6 Å². The molecule has 0 N–H and O–H groups in total. The van der Waals surface area contributed by atoms with Gasteiger partial charge < -0.3 is 14.0 Å². The molecule has 0 aromatic heterocycles. The molecule has 3 aliphatic rings. The SMILES string of the molecule is CCc1cc(B2OC(C)(C)C(C)(C)O2)cc(Cl)c1C1=C(OC)C2CCC(C2)C1=O. The summed E-state index contributed by atoms with van der Waals surface area (Å²) in [6, 6.07) is 3.97. The topological polar surface area (TPSA) is 44.8 Å². The average molecular weight is 417 g/mol. The smallest absolute Gasteiger partial charge is 0.494 e. The van der Waals surface area contributed by atoms with E-state index in [1.54, 1.807) is 7.11 Å². The molecule has 156 valence electrons. The molecule has 2 fully saturated rings. The number of carbonyl (C=O) groups is 1. The van der Waals surface area contributed by atoms with Crippen LogP contribution in [0, 0.1) is 11.8 Å². The number of methoxy groups -OCH3 is 1. The molecule has 1 saturated heterocycles. The third kappa shape index (κ3) is 3.26. The molecule has 1 aromatic carbocycles. The van der Waals surface area contributed by atoms with Crippen LogP contribution in [0.2, 0.25) is 5.02 Å². The number of Topliss-reactive ketones (excluding diaryl/α,β-unsaturated/α-hetero) is 1. The van der Waals surface area contributed by atoms with Crippen LogP contribution < -0.4 is 5.46 Å². The Hall–Kier alpha value is -1.30. The van der Waals surface area contributed by atoms with Crippen LogP contribution >= 0.6 is 11.6 Å². The quantitative estimate of drug-likeness (QED) is 0.675. The van der Waals surface area contributed by atoms with E-state index in [0.29, 0.717) is 16.5 Å². The molecule has 4 rings (SSSR count). The van der Waals surface area contributed by atoms with Crippen molar-refractivity contribution in [2.24, 2.45) is 11.8 Å². The lowest BCUT2D eigenvalue weighted by atomic mass is 9.75. The van der Waals surface area contributed by atoms with Gasteiger partial charge in [-0.25, -0.2) is 0 Å². The Morgan fingerprint density at radius 3 is 2.34 bits per heavy atom. The van der Waals surface area contributed by atoms with Gasteiger partial charge in [0.1, 0.15) is 5.76 Å². The van der Waals surface area contributed by atoms with Crippen LogP contribution in [-0.2, 0) is 25.3 Å². The second kappa shape index (κ2) is 7.14. The maximum atomic E-state index is 13.2. The molecule has 0 spiro atoms. The third-order valence-corrected chi connectivity index (χ3v) is 7.54. The average Bonchev–Trinajstić information content (AvgIpc) is 3.18. The minimum absolute atomic E-state index is 0.0949. The van der Waals surface area contributed by atoms with E-state index in [9.17, 15) is 4.79 Å². The van der Waals surface area contributed by atoms with Crippen molar-refractivity contribution < 1.29 is 18.8 Å². The Morgan fingerprint density at radius 1 is 1.14 bits per heavy atom. The summed E-state index contributed by atoms with van der Waals surface area (Å²) >= 11 is 6.82. The van der Waals surface area contributed by atoms with Gasteiger partial charge in [0.05, 0.1) is 23.9 Å². The molecule has 2 atom stereocenters. The number of hydrogen-bond donors (Lipinski definition) is 0. The number of ether oxygens (including phenoxy) is 1. The van der Waals surface area contributed by atoms with Crippen molar-refractivity contribution in [2.45, 2.75) is 71.5 Å². The highest BCUT2D eigenvalue weighted by atomic mass is 35.5. The lowest BCUT2D eigenvalue weighted by Crippen LogP contribution is -2.41. The Kier molecular flexibility index (Phi) is 5.16. The Labute approximate surface area is 179 Å². The van der Waals surface area contributed by atoms with Gasteiger partial charge >= 0.3 is 7.12 Å². The Bertz CT molecular complexity index is 873. The molecule has 29 heavy (non-hydrogen) atoms. The number of rotatable bonds is 4. The maximum absolute atomic E-state index is 13.2. The monoisotopic (exact) mass is 416 g/mol. The fourth-order valence-corrected chi connectivity index (χ4v) is 5.21. The Balaban J connectivity index is 1.80. The highest BCUT2D eigenvalue weighted by Crippen LogP contribution is 2.48. The zero-order chi connectivity index (χ0) is 21.1. The molecule has 1 heterocycles.